The van der Waals surface area contributed by atoms with Gasteiger partial charge >= 0.3 is 0 Å². The molecule has 0 saturated heterocycles. The van der Waals surface area contributed by atoms with Crippen molar-refractivity contribution in [3.8, 4) is 0 Å². The maximum atomic E-state index is 13.6. The van der Waals surface area contributed by atoms with Gasteiger partial charge in [-0.15, -0.1) is 0 Å². The van der Waals surface area contributed by atoms with Gasteiger partial charge in [0.2, 0.25) is 0 Å². The fraction of sp³-hybridized carbons (Fsp3) is 0.143. The highest BCUT2D eigenvalue weighted by Crippen LogP contribution is 2.32. The molecule has 2 rings (SSSR count). The Kier molecular flexibility index (Phi) is 4.98. The molecular weight excluding hydrogens is 401 g/mol. The summed E-state index contributed by atoms with van der Waals surface area (Å²) in [6.07, 6.45) is 0.416. The molecule has 0 aliphatic rings. The zero-order chi connectivity index (χ0) is 14.0. The molecule has 0 spiro atoms. The van der Waals surface area contributed by atoms with Crippen molar-refractivity contribution in [1.82, 2.24) is 0 Å². The molecule has 0 aliphatic heterocycles. The fourth-order valence-electron chi connectivity index (χ4n) is 1.75. The van der Waals surface area contributed by atoms with E-state index in [9.17, 15) is 8.78 Å². The number of hydrogen-bond donors (Lipinski definition) is 0. The summed E-state index contributed by atoms with van der Waals surface area (Å²) in [5, 5.41) is 0.605. The second-order valence-electron chi connectivity index (χ2n) is 4.11. The predicted molar refractivity (Wildman–Crippen MR) is 80.9 cm³/mol. The van der Waals surface area contributed by atoms with E-state index in [-0.39, 0.29) is 4.83 Å². The Labute approximate surface area is 132 Å². The Bertz CT molecular complexity index is 582. The van der Waals surface area contributed by atoms with E-state index >= 15 is 0 Å². The monoisotopic (exact) mass is 408 g/mol. The third kappa shape index (κ3) is 4.01. The van der Waals surface area contributed by atoms with Crippen LogP contribution in [-0.2, 0) is 6.42 Å². The molecule has 0 radical (unpaired) electrons. The molecule has 1 unspecified atom stereocenters. The first-order valence-electron chi connectivity index (χ1n) is 5.49. The molecule has 0 bridgehead atoms. The molecule has 19 heavy (non-hydrogen) atoms. The second-order valence-corrected chi connectivity index (χ2v) is 6.57. The van der Waals surface area contributed by atoms with Crippen LogP contribution >= 0.6 is 43.5 Å². The first-order chi connectivity index (χ1) is 8.95. The van der Waals surface area contributed by atoms with Crippen molar-refractivity contribution in [2.75, 3.05) is 0 Å². The molecule has 0 amide bonds. The summed E-state index contributed by atoms with van der Waals surface area (Å²) in [5.74, 6) is -1.11. The quantitative estimate of drug-likeness (QED) is 0.540. The molecule has 0 N–H and O–H groups in total. The predicted octanol–water partition coefficient (Wildman–Crippen LogP) is 6.06. The lowest BCUT2D eigenvalue weighted by atomic mass is 10.0. The van der Waals surface area contributed by atoms with Crippen molar-refractivity contribution in [1.29, 1.82) is 0 Å². The zero-order valence-electron chi connectivity index (χ0n) is 9.64. The van der Waals surface area contributed by atoms with E-state index in [1.807, 2.05) is 12.1 Å². The molecule has 0 aromatic heterocycles. The van der Waals surface area contributed by atoms with Crippen molar-refractivity contribution >= 4 is 43.5 Å². The van der Waals surface area contributed by atoms with Crippen LogP contribution in [0.15, 0.2) is 40.9 Å². The first kappa shape index (κ1) is 14.9. The van der Waals surface area contributed by atoms with Gasteiger partial charge in [-0.05, 0) is 41.8 Å². The molecule has 0 nitrogen and oxygen atoms in total. The SMILES string of the molecule is Fc1ccc(CC(Br)c2cc(Cl)cc(Br)c2)c(F)c1. The van der Waals surface area contributed by atoms with E-state index in [0.717, 1.165) is 16.1 Å². The molecule has 100 valence electrons. The Morgan fingerprint density at radius 1 is 1.11 bits per heavy atom. The van der Waals surface area contributed by atoms with E-state index in [2.05, 4.69) is 31.9 Å². The van der Waals surface area contributed by atoms with Crippen LogP contribution < -0.4 is 0 Å². The van der Waals surface area contributed by atoms with Gasteiger partial charge in [0.1, 0.15) is 11.6 Å². The molecule has 0 aliphatic carbocycles. The summed E-state index contributed by atoms with van der Waals surface area (Å²) in [4.78, 5) is -0.0949. The molecular formula is C14H9Br2ClF2. The minimum absolute atomic E-state index is 0.0949. The van der Waals surface area contributed by atoms with Gasteiger partial charge in [0, 0.05) is 20.4 Å². The third-order valence-corrected chi connectivity index (χ3v) is 4.19. The molecule has 5 heteroatoms. The van der Waals surface area contributed by atoms with Crippen LogP contribution in [0, 0.1) is 11.6 Å². The maximum Gasteiger partial charge on any atom is 0.129 e. The Hall–Kier alpha value is -0.450. The second kappa shape index (κ2) is 6.33. The number of benzene rings is 2. The summed E-state index contributed by atoms with van der Waals surface area (Å²) >= 11 is 12.8. The molecule has 0 saturated carbocycles. The average Bonchev–Trinajstić information content (AvgIpc) is 2.31. The van der Waals surface area contributed by atoms with Gasteiger partial charge in [0.15, 0.2) is 0 Å². The van der Waals surface area contributed by atoms with Gasteiger partial charge < -0.3 is 0 Å². The van der Waals surface area contributed by atoms with Gasteiger partial charge in [0.05, 0.1) is 0 Å². The molecule has 1 atom stereocenters. The van der Waals surface area contributed by atoms with Crippen LogP contribution in [-0.4, -0.2) is 0 Å². The smallest absolute Gasteiger partial charge is 0.129 e. The molecule has 2 aromatic carbocycles. The fourth-order valence-corrected chi connectivity index (χ4v) is 3.25. The summed E-state index contributed by atoms with van der Waals surface area (Å²) in [6, 6.07) is 9.11. The first-order valence-corrected chi connectivity index (χ1v) is 7.58. The third-order valence-electron chi connectivity index (χ3n) is 2.66. The van der Waals surface area contributed by atoms with E-state index < -0.39 is 11.6 Å². The highest BCUT2D eigenvalue weighted by Gasteiger charge is 2.13. The van der Waals surface area contributed by atoms with Crippen LogP contribution in [0.2, 0.25) is 5.02 Å². The summed E-state index contributed by atoms with van der Waals surface area (Å²) < 4.78 is 27.3. The lowest BCUT2D eigenvalue weighted by Crippen LogP contribution is -1.99. The molecule has 0 fully saturated rings. The van der Waals surface area contributed by atoms with E-state index in [1.54, 1.807) is 6.07 Å². The van der Waals surface area contributed by atoms with E-state index in [1.165, 1.54) is 12.1 Å². The lowest BCUT2D eigenvalue weighted by Gasteiger charge is -2.12. The highest BCUT2D eigenvalue weighted by molar-refractivity contribution is 9.10. The van der Waals surface area contributed by atoms with Gasteiger partial charge in [-0.2, -0.15) is 0 Å². The minimum Gasteiger partial charge on any atom is -0.207 e. The minimum atomic E-state index is -0.571. The highest BCUT2D eigenvalue weighted by atomic mass is 79.9. The number of rotatable bonds is 3. The molecule has 2 aromatic rings. The van der Waals surface area contributed by atoms with Crippen molar-refractivity contribution < 1.29 is 8.78 Å². The van der Waals surface area contributed by atoms with Crippen LogP contribution in [0.25, 0.3) is 0 Å². The summed E-state index contributed by atoms with van der Waals surface area (Å²) in [7, 11) is 0. The summed E-state index contributed by atoms with van der Waals surface area (Å²) in [6.45, 7) is 0. The van der Waals surface area contributed by atoms with Crippen LogP contribution in [0.4, 0.5) is 8.78 Å². The van der Waals surface area contributed by atoms with Gasteiger partial charge in [0.25, 0.3) is 0 Å². The van der Waals surface area contributed by atoms with E-state index in [4.69, 9.17) is 11.6 Å². The van der Waals surface area contributed by atoms with Gasteiger partial charge in [-0.1, -0.05) is 49.5 Å². The van der Waals surface area contributed by atoms with Crippen LogP contribution in [0.5, 0.6) is 0 Å². The standard InChI is InChI=1S/C14H9Br2ClF2/c15-10-3-9(4-11(17)6-10)13(16)5-8-1-2-12(18)7-14(8)19/h1-4,6-7,13H,5H2. The lowest BCUT2D eigenvalue weighted by molar-refractivity contribution is 0.571. The zero-order valence-corrected chi connectivity index (χ0v) is 13.6. The van der Waals surface area contributed by atoms with E-state index in [0.29, 0.717) is 17.0 Å². The Morgan fingerprint density at radius 3 is 2.47 bits per heavy atom. The number of halogens is 5. The van der Waals surface area contributed by atoms with Crippen molar-refractivity contribution in [3.63, 3.8) is 0 Å². The number of hydrogen-bond acceptors (Lipinski definition) is 0. The summed E-state index contributed by atoms with van der Waals surface area (Å²) in [5.41, 5.74) is 1.39. The van der Waals surface area contributed by atoms with Crippen molar-refractivity contribution in [3.05, 3.63) is 68.7 Å². The van der Waals surface area contributed by atoms with Gasteiger partial charge in [-0.3, -0.25) is 0 Å². The van der Waals surface area contributed by atoms with Crippen LogP contribution in [0.1, 0.15) is 16.0 Å². The topological polar surface area (TPSA) is 0 Å². The molecule has 0 heterocycles. The van der Waals surface area contributed by atoms with Gasteiger partial charge in [-0.25, -0.2) is 8.78 Å². The van der Waals surface area contributed by atoms with Crippen molar-refractivity contribution in [2.24, 2.45) is 0 Å². The maximum absolute atomic E-state index is 13.6. The number of alkyl halides is 1. The van der Waals surface area contributed by atoms with Crippen LogP contribution in [0.3, 0.4) is 0 Å². The van der Waals surface area contributed by atoms with Crippen molar-refractivity contribution in [2.45, 2.75) is 11.2 Å². The largest absolute Gasteiger partial charge is 0.207 e. The Balaban J connectivity index is 2.22. The average molecular weight is 410 g/mol. The Morgan fingerprint density at radius 2 is 1.84 bits per heavy atom. The normalized spacial score (nSPS) is 12.5.